The van der Waals surface area contributed by atoms with Gasteiger partial charge in [0.05, 0.1) is 17.7 Å². The molecule has 0 amide bonds. The third kappa shape index (κ3) is 1.58. The Kier molecular flexibility index (Phi) is 2.35. The topological polar surface area (TPSA) is 35.2 Å². The summed E-state index contributed by atoms with van der Waals surface area (Å²) in [5.74, 6) is -1.82. The van der Waals surface area contributed by atoms with Gasteiger partial charge in [0, 0.05) is 5.54 Å². The molecule has 0 saturated heterocycles. The van der Waals surface area contributed by atoms with Gasteiger partial charge < -0.3 is 10.5 Å². The van der Waals surface area contributed by atoms with Gasteiger partial charge in [-0.15, -0.1) is 0 Å². The molecular weight excluding hydrogens is 224 g/mol. The van der Waals surface area contributed by atoms with Gasteiger partial charge in [0.1, 0.15) is 5.75 Å². The van der Waals surface area contributed by atoms with Crippen LogP contribution in [0.5, 0.6) is 5.75 Å². The van der Waals surface area contributed by atoms with Gasteiger partial charge in [-0.3, -0.25) is 0 Å². The molecule has 82 valence electrons. The van der Waals surface area contributed by atoms with Crippen LogP contribution in [0.25, 0.3) is 0 Å². The van der Waals surface area contributed by atoms with E-state index in [0.29, 0.717) is 12.8 Å². The molecule has 0 radical (unpaired) electrons. The van der Waals surface area contributed by atoms with Crippen molar-refractivity contribution in [2.45, 2.75) is 18.4 Å². The maximum absolute atomic E-state index is 13.6. The number of rotatable bonds is 2. The number of hydrogen-bond acceptors (Lipinski definition) is 2. The molecule has 0 heterocycles. The summed E-state index contributed by atoms with van der Waals surface area (Å²) in [7, 11) is 1.35. The van der Waals surface area contributed by atoms with Gasteiger partial charge in [0.2, 0.25) is 0 Å². The molecule has 0 atom stereocenters. The highest BCUT2D eigenvalue weighted by Gasteiger charge is 2.45. The predicted octanol–water partition coefficient (Wildman–Crippen LogP) is 2.57. The minimum Gasteiger partial charge on any atom is -0.495 e. The lowest BCUT2D eigenvalue weighted by molar-refractivity contribution is 0.390. The second-order valence-corrected chi connectivity index (χ2v) is 4.13. The molecule has 1 fully saturated rings. The molecule has 1 aromatic carbocycles. The Hall–Kier alpha value is -0.870. The van der Waals surface area contributed by atoms with Crippen LogP contribution in [0.3, 0.4) is 0 Å². The lowest BCUT2D eigenvalue weighted by atomic mass is 10.0. The summed E-state index contributed by atoms with van der Waals surface area (Å²) in [6.07, 6.45) is 1.22. The predicted molar refractivity (Wildman–Crippen MR) is 53.0 cm³/mol. The third-order valence-electron chi connectivity index (χ3n) is 2.62. The molecule has 1 aromatic rings. The largest absolute Gasteiger partial charge is 0.495 e. The maximum atomic E-state index is 13.6. The van der Waals surface area contributed by atoms with E-state index in [-0.39, 0.29) is 16.3 Å². The first kappa shape index (κ1) is 10.6. The Morgan fingerprint density at radius 2 is 2.07 bits per heavy atom. The Bertz CT molecular complexity index is 418. The highest BCUT2D eigenvalue weighted by atomic mass is 35.5. The Morgan fingerprint density at radius 3 is 2.53 bits per heavy atom. The van der Waals surface area contributed by atoms with Crippen LogP contribution >= 0.6 is 11.6 Å². The zero-order valence-electron chi connectivity index (χ0n) is 8.11. The van der Waals surface area contributed by atoms with E-state index in [0.717, 1.165) is 6.07 Å². The van der Waals surface area contributed by atoms with Crippen LogP contribution in [-0.4, -0.2) is 7.11 Å². The van der Waals surface area contributed by atoms with Gasteiger partial charge in [-0.2, -0.15) is 0 Å². The van der Waals surface area contributed by atoms with E-state index in [2.05, 4.69) is 0 Å². The van der Waals surface area contributed by atoms with Crippen molar-refractivity contribution in [3.05, 3.63) is 28.3 Å². The van der Waals surface area contributed by atoms with Gasteiger partial charge in [-0.05, 0) is 18.9 Å². The molecule has 0 aromatic heterocycles. The highest BCUT2D eigenvalue weighted by Crippen LogP contribution is 2.49. The van der Waals surface area contributed by atoms with E-state index in [4.69, 9.17) is 22.1 Å². The average Bonchev–Trinajstić information content (AvgIpc) is 2.90. The minimum atomic E-state index is -0.993. The monoisotopic (exact) mass is 233 g/mol. The fraction of sp³-hybridized carbons (Fsp3) is 0.400. The van der Waals surface area contributed by atoms with Gasteiger partial charge in [-0.25, -0.2) is 8.78 Å². The van der Waals surface area contributed by atoms with E-state index in [9.17, 15) is 8.78 Å². The van der Waals surface area contributed by atoms with Crippen molar-refractivity contribution in [1.29, 1.82) is 0 Å². The van der Waals surface area contributed by atoms with Gasteiger partial charge in [0.15, 0.2) is 11.6 Å². The van der Waals surface area contributed by atoms with Crippen LogP contribution in [-0.2, 0) is 5.54 Å². The Morgan fingerprint density at radius 1 is 1.47 bits per heavy atom. The minimum absolute atomic E-state index is 0.0446. The van der Waals surface area contributed by atoms with E-state index in [1.165, 1.54) is 7.11 Å². The number of hydrogen-bond donors (Lipinski definition) is 1. The number of nitrogens with two attached hydrogens (primary N) is 1. The lowest BCUT2D eigenvalue weighted by Gasteiger charge is -2.16. The molecule has 0 spiro atoms. The summed E-state index contributed by atoms with van der Waals surface area (Å²) < 4.78 is 31.7. The molecule has 5 heteroatoms. The van der Waals surface area contributed by atoms with Gasteiger partial charge in [0.25, 0.3) is 0 Å². The molecule has 0 aliphatic heterocycles. The number of methoxy groups -OCH3 is 1. The fourth-order valence-corrected chi connectivity index (χ4v) is 1.88. The van der Waals surface area contributed by atoms with Crippen LogP contribution < -0.4 is 10.5 Å². The van der Waals surface area contributed by atoms with Gasteiger partial charge in [-0.1, -0.05) is 11.6 Å². The van der Waals surface area contributed by atoms with Crippen LogP contribution in [0.1, 0.15) is 18.4 Å². The van der Waals surface area contributed by atoms with Gasteiger partial charge >= 0.3 is 0 Å². The van der Waals surface area contributed by atoms with Crippen LogP contribution in [0, 0.1) is 11.6 Å². The first-order valence-corrected chi connectivity index (χ1v) is 4.88. The van der Waals surface area contributed by atoms with E-state index >= 15 is 0 Å². The van der Waals surface area contributed by atoms with Crippen LogP contribution in [0.2, 0.25) is 5.02 Å². The van der Waals surface area contributed by atoms with Crippen molar-refractivity contribution < 1.29 is 13.5 Å². The quantitative estimate of drug-likeness (QED) is 0.797. The van der Waals surface area contributed by atoms with E-state index in [1.807, 2.05) is 0 Å². The zero-order chi connectivity index (χ0) is 11.2. The lowest BCUT2D eigenvalue weighted by Crippen LogP contribution is -2.22. The summed E-state index contributed by atoms with van der Waals surface area (Å²) in [5, 5.41) is 0.0446. The molecule has 1 aliphatic rings. The van der Waals surface area contributed by atoms with Crippen LogP contribution in [0.15, 0.2) is 6.07 Å². The zero-order valence-corrected chi connectivity index (χ0v) is 8.87. The number of halogens is 3. The second-order valence-electron chi connectivity index (χ2n) is 3.72. The van der Waals surface area contributed by atoms with Crippen molar-refractivity contribution in [1.82, 2.24) is 0 Å². The average molecular weight is 234 g/mol. The third-order valence-corrected chi connectivity index (χ3v) is 2.90. The van der Waals surface area contributed by atoms with Crippen LogP contribution in [0.4, 0.5) is 8.78 Å². The standard InChI is InChI=1S/C10H10ClF2NO/c1-15-9-5(11)4-6(12)8(13)7(9)10(14)2-3-10/h4H,2-3,14H2,1H3. The normalized spacial score (nSPS) is 17.7. The van der Waals surface area contributed by atoms with E-state index < -0.39 is 17.2 Å². The first-order valence-electron chi connectivity index (χ1n) is 4.50. The van der Waals surface area contributed by atoms with Crippen molar-refractivity contribution in [2.75, 3.05) is 7.11 Å². The smallest absolute Gasteiger partial charge is 0.167 e. The first-order chi connectivity index (χ1) is 6.99. The van der Waals surface area contributed by atoms with Crippen molar-refractivity contribution in [3.8, 4) is 5.75 Å². The molecule has 1 aliphatic carbocycles. The van der Waals surface area contributed by atoms with Crippen molar-refractivity contribution in [2.24, 2.45) is 5.73 Å². The molecule has 15 heavy (non-hydrogen) atoms. The second kappa shape index (κ2) is 3.32. The Labute approximate surface area is 91.0 Å². The summed E-state index contributed by atoms with van der Waals surface area (Å²) in [5.41, 5.74) is 5.07. The Balaban J connectivity index is 2.68. The summed E-state index contributed by atoms with van der Waals surface area (Å²) in [6.45, 7) is 0. The number of benzene rings is 1. The van der Waals surface area contributed by atoms with E-state index in [1.54, 1.807) is 0 Å². The molecule has 1 saturated carbocycles. The molecule has 2 rings (SSSR count). The molecule has 2 N–H and O–H groups in total. The summed E-state index contributed by atoms with van der Waals surface area (Å²) in [6, 6.07) is 0.894. The summed E-state index contributed by atoms with van der Waals surface area (Å²) in [4.78, 5) is 0. The van der Waals surface area contributed by atoms with Crippen molar-refractivity contribution in [3.63, 3.8) is 0 Å². The number of ether oxygens (including phenoxy) is 1. The SMILES string of the molecule is COc1c(Cl)cc(F)c(F)c1C1(N)CC1. The molecule has 0 unspecified atom stereocenters. The molecule has 0 bridgehead atoms. The molecular formula is C10H10ClF2NO. The summed E-state index contributed by atoms with van der Waals surface area (Å²) >= 11 is 5.75. The fourth-order valence-electron chi connectivity index (χ4n) is 1.61. The molecule has 2 nitrogen and oxygen atoms in total. The van der Waals surface area contributed by atoms with Crippen molar-refractivity contribution >= 4 is 11.6 Å². The maximum Gasteiger partial charge on any atom is 0.167 e. The highest BCUT2D eigenvalue weighted by molar-refractivity contribution is 6.32.